The zero-order valence-electron chi connectivity index (χ0n) is 17.5. The molecule has 1 aliphatic heterocycles. The van der Waals surface area contributed by atoms with Gasteiger partial charge in [0.1, 0.15) is 5.76 Å². The van der Waals surface area contributed by atoms with Crippen molar-refractivity contribution in [1.29, 1.82) is 0 Å². The zero-order valence-corrected chi connectivity index (χ0v) is 17.5. The van der Waals surface area contributed by atoms with Gasteiger partial charge < -0.3 is 14.9 Å². The van der Waals surface area contributed by atoms with Crippen molar-refractivity contribution in [2.45, 2.75) is 26.3 Å². The number of aromatic nitrogens is 3. The van der Waals surface area contributed by atoms with Gasteiger partial charge in [-0.25, -0.2) is 0 Å². The quantitative estimate of drug-likeness (QED) is 0.454. The molecule has 1 aliphatic rings. The maximum absolute atomic E-state index is 13.0. The van der Waals surface area contributed by atoms with Crippen molar-refractivity contribution >= 4 is 17.4 Å². The van der Waals surface area contributed by atoms with Gasteiger partial charge >= 0.3 is 0 Å². The van der Waals surface area contributed by atoms with Gasteiger partial charge in [-0.05, 0) is 52.5 Å². The summed E-state index contributed by atoms with van der Waals surface area (Å²) in [5.74, 6) is -1.46. The van der Waals surface area contributed by atoms with E-state index in [0.717, 1.165) is 12.2 Å². The number of hydrogen-bond acceptors (Lipinski definition) is 6. The molecule has 8 heteroatoms. The maximum Gasteiger partial charge on any atom is 0.295 e. The molecule has 154 valence electrons. The molecule has 8 nitrogen and oxygen atoms in total. The molecule has 0 unspecified atom stereocenters. The summed E-state index contributed by atoms with van der Waals surface area (Å²) in [4.78, 5) is 33.5. The summed E-state index contributed by atoms with van der Waals surface area (Å²) in [6.45, 7) is 4.78. The fourth-order valence-corrected chi connectivity index (χ4v) is 3.80. The van der Waals surface area contributed by atoms with Crippen molar-refractivity contribution in [3.05, 3.63) is 52.6 Å². The molecule has 0 aromatic carbocycles. The highest BCUT2D eigenvalue weighted by atomic mass is 16.3. The van der Waals surface area contributed by atoms with E-state index >= 15 is 0 Å². The van der Waals surface area contributed by atoms with Crippen molar-refractivity contribution in [2.24, 2.45) is 7.05 Å². The van der Waals surface area contributed by atoms with E-state index in [4.69, 9.17) is 0 Å². The van der Waals surface area contributed by atoms with Crippen molar-refractivity contribution in [3.63, 3.8) is 0 Å². The fourth-order valence-electron chi connectivity index (χ4n) is 3.80. The highest BCUT2D eigenvalue weighted by Gasteiger charge is 2.46. The topological polar surface area (TPSA) is 91.6 Å². The number of aryl methyl sites for hydroxylation is 2. The minimum absolute atomic E-state index is 0.0899. The lowest BCUT2D eigenvalue weighted by Gasteiger charge is -2.25. The van der Waals surface area contributed by atoms with Crippen LogP contribution >= 0.6 is 0 Å². The molecule has 2 aromatic rings. The molecule has 1 fully saturated rings. The fraction of sp³-hybridized carbons (Fsp3) is 0.429. The normalized spacial score (nSPS) is 18.8. The number of pyridine rings is 1. The average molecular weight is 397 g/mol. The molecular formula is C21H27N5O3. The summed E-state index contributed by atoms with van der Waals surface area (Å²) >= 11 is 0. The number of carbonyl (C=O) groups excluding carboxylic acids is 2. The minimum atomic E-state index is -0.677. The van der Waals surface area contributed by atoms with E-state index in [-0.39, 0.29) is 11.3 Å². The minimum Gasteiger partial charge on any atom is -0.507 e. The van der Waals surface area contributed by atoms with E-state index in [0.29, 0.717) is 29.8 Å². The largest absolute Gasteiger partial charge is 0.507 e. The first-order valence-electron chi connectivity index (χ1n) is 9.57. The van der Waals surface area contributed by atoms with Crippen molar-refractivity contribution in [3.8, 4) is 0 Å². The van der Waals surface area contributed by atoms with Gasteiger partial charge in [-0.3, -0.25) is 19.3 Å². The van der Waals surface area contributed by atoms with Gasteiger partial charge in [0.15, 0.2) is 0 Å². The van der Waals surface area contributed by atoms with Crippen LogP contribution in [0.15, 0.2) is 30.1 Å². The molecule has 1 saturated heterocycles. The van der Waals surface area contributed by atoms with Crippen molar-refractivity contribution in [2.75, 3.05) is 27.2 Å². The van der Waals surface area contributed by atoms with E-state index in [1.807, 2.05) is 32.0 Å². The molecule has 3 heterocycles. The average Bonchev–Trinajstić information content (AvgIpc) is 3.08. The van der Waals surface area contributed by atoms with E-state index in [1.54, 1.807) is 37.1 Å². The second-order valence-corrected chi connectivity index (χ2v) is 7.61. The maximum atomic E-state index is 13.0. The van der Waals surface area contributed by atoms with Crippen LogP contribution in [0, 0.1) is 13.8 Å². The van der Waals surface area contributed by atoms with Gasteiger partial charge in [-0.2, -0.15) is 5.10 Å². The van der Waals surface area contributed by atoms with Gasteiger partial charge in [0.2, 0.25) is 0 Å². The number of carbonyl (C=O) groups is 2. The van der Waals surface area contributed by atoms with Crippen LogP contribution in [0.5, 0.6) is 0 Å². The summed E-state index contributed by atoms with van der Waals surface area (Å²) in [5.41, 5.74) is 2.60. The first kappa shape index (κ1) is 20.7. The van der Waals surface area contributed by atoms with Crippen molar-refractivity contribution < 1.29 is 14.7 Å². The number of ketones is 1. The highest BCUT2D eigenvalue weighted by molar-refractivity contribution is 6.46. The Labute approximate surface area is 170 Å². The molecule has 3 rings (SSSR count). The van der Waals surface area contributed by atoms with Crippen molar-refractivity contribution in [1.82, 2.24) is 24.6 Å². The third kappa shape index (κ3) is 3.80. The molecule has 1 N–H and O–H groups in total. The number of nitrogens with zero attached hydrogens (tertiary/aromatic N) is 5. The molecule has 1 atom stereocenters. The molecule has 0 saturated carbocycles. The molecule has 0 radical (unpaired) electrons. The number of aliphatic hydroxyl groups is 1. The summed E-state index contributed by atoms with van der Waals surface area (Å²) < 4.78 is 1.65. The Kier molecular flexibility index (Phi) is 5.83. The molecule has 2 aromatic heterocycles. The Morgan fingerprint density at radius 2 is 2.00 bits per heavy atom. The predicted octanol–water partition coefficient (Wildman–Crippen LogP) is 1.81. The lowest BCUT2D eigenvalue weighted by atomic mass is 9.95. The number of aliphatic hydroxyl groups excluding tert-OH is 1. The SMILES string of the molecule is Cc1nn(C)c(C)c1C(O)=C1C(=O)C(=O)N(CCCN(C)C)[C@@H]1c1cccnc1. The Balaban J connectivity index is 2.13. The van der Waals surface area contributed by atoms with Crippen LogP contribution in [0.25, 0.3) is 5.76 Å². The number of hydrogen-bond donors (Lipinski definition) is 1. The summed E-state index contributed by atoms with van der Waals surface area (Å²) in [6.07, 6.45) is 3.98. The third-order valence-corrected chi connectivity index (χ3v) is 5.29. The van der Waals surface area contributed by atoms with Crippen LogP contribution in [0.3, 0.4) is 0 Å². The first-order chi connectivity index (χ1) is 13.7. The number of Topliss-reactive ketones (excluding diaryl/α,β-unsaturated/α-hetero) is 1. The Morgan fingerprint density at radius 1 is 1.28 bits per heavy atom. The van der Waals surface area contributed by atoms with Gasteiger partial charge in [0.05, 0.1) is 22.9 Å². The van der Waals surface area contributed by atoms with Crippen LogP contribution < -0.4 is 0 Å². The van der Waals surface area contributed by atoms with Crippen LogP contribution in [0.4, 0.5) is 0 Å². The second kappa shape index (κ2) is 8.16. The smallest absolute Gasteiger partial charge is 0.295 e. The molecular weight excluding hydrogens is 370 g/mol. The van der Waals surface area contributed by atoms with E-state index in [9.17, 15) is 14.7 Å². The zero-order chi connectivity index (χ0) is 21.3. The number of likely N-dealkylation sites (tertiary alicyclic amines) is 1. The summed E-state index contributed by atoms with van der Waals surface area (Å²) in [6, 6.07) is 2.90. The lowest BCUT2D eigenvalue weighted by molar-refractivity contribution is -0.139. The van der Waals surface area contributed by atoms with E-state index in [2.05, 4.69) is 10.1 Å². The first-order valence-corrected chi connectivity index (χ1v) is 9.57. The van der Waals surface area contributed by atoms with Crippen LogP contribution in [0.2, 0.25) is 0 Å². The number of amides is 1. The van der Waals surface area contributed by atoms with Crippen LogP contribution in [0.1, 0.15) is 35.0 Å². The monoisotopic (exact) mass is 397 g/mol. The van der Waals surface area contributed by atoms with Gasteiger partial charge in [-0.1, -0.05) is 6.07 Å². The molecule has 1 amide bonds. The van der Waals surface area contributed by atoms with Crippen LogP contribution in [-0.4, -0.2) is 68.5 Å². The highest BCUT2D eigenvalue weighted by Crippen LogP contribution is 2.40. The van der Waals surface area contributed by atoms with Crippen LogP contribution in [-0.2, 0) is 16.6 Å². The molecule has 0 bridgehead atoms. The lowest BCUT2D eigenvalue weighted by Crippen LogP contribution is -2.32. The Bertz CT molecular complexity index is 962. The van der Waals surface area contributed by atoms with Gasteiger partial charge in [0.25, 0.3) is 11.7 Å². The third-order valence-electron chi connectivity index (χ3n) is 5.29. The summed E-state index contributed by atoms with van der Waals surface area (Å²) in [7, 11) is 5.69. The second-order valence-electron chi connectivity index (χ2n) is 7.61. The Hall–Kier alpha value is -3.00. The van der Waals surface area contributed by atoms with Gasteiger partial charge in [-0.15, -0.1) is 0 Å². The number of rotatable bonds is 6. The standard InChI is InChI=1S/C21H27N5O3/c1-13-16(14(2)25(5)23-13)19(27)17-18(15-8-6-9-22-12-15)26(21(29)20(17)28)11-7-10-24(3)4/h6,8-9,12,18,27H,7,10-11H2,1-5H3/t18-/m1/s1. The van der Waals surface area contributed by atoms with Gasteiger partial charge in [0, 0.05) is 31.7 Å². The van der Waals surface area contributed by atoms with E-state index < -0.39 is 17.7 Å². The predicted molar refractivity (Wildman–Crippen MR) is 109 cm³/mol. The molecule has 0 spiro atoms. The Morgan fingerprint density at radius 3 is 2.55 bits per heavy atom. The summed E-state index contributed by atoms with van der Waals surface area (Å²) in [5, 5.41) is 15.5. The molecule has 0 aliphatic carbocycles. The van der Waals surface area contributed by atoms with E-state index in [1.165, 1.54) is 4.90 Å². The molecule has 29 heavy (non-hydrogen) atoms.